The van der Waals surface area contributed by atoms with Crippen LogP contribution in [-0.4, -0.2) is 12.6 Å². The molecule has 4 nitrogen and oxygen atoms in total. The number of esters is 1. The third-order valence-electron chi connectivity index (χ3n) is 4.62. The Hall–Kier alpha value is -3.27. The predicted octanol–water partition coefficient (Wildman–Crippen LogP) is 4.10. The van der Waals surface area contributed by atoms with E-state index in [2.05, 4.69) is 0 Å². The van der Waals surface area contributed by atoms with Crippen LogP contribution in [-0.2, 0) is 9.53 Å². The highest BCUT2D eigenvalue weighted by Gasteiger charge is 2.36. The predicted molar refractivity (Wildman–Crippen MR) is 101 cm³/mol. The Balaban J connectivity index is 1.97. The quantitative estimate of drug-likeness (QED) is 0.726. The Labute approximate surface area is 151 Å². The summed E-state index contributed by atoms with van der Waals surface area (Å²) in [6, 6.07) is 21.8. The first-order valence-electron chi connectivity index (χ1n) is 8.62. The molecule has 1 heterocycles. The third kappa shape index (κ3) is 2.60. The van der Waals surface area contributed by atoms with Gasteiger partial charge in [-0.05, 0) is 17.9 Å². The first-order valence-corrected chi connectivity index (χ1v) is 8.62. The molecule has 1 aliphatic rings. The number of carbonyl (C=O) groups excluding carboxylic acids is 1. The lowest BCUT2D eigenvalue weighted by atomic mass is 9.82. The Morgan fingerprint density at radius 2 is 1.77 bits per heavy atom. The molecule has 0 bridgehead atoms. The molecule has 2 N–H and O–H groups in total. The maximum atomic E-state index is 12.6. The zero-order valence-electron chi connectivity index (χ0n) is 14.4. The first kappa shape index (κ1) is 16.2. The molecule has 0 unspecified atom stereocenters. The van der Waals surface area contributed by atoms with Crippen molar-refractivity contribution in [2.24, 2.45) is 5.73 Å². The molecular formula is C22H19NO3. The summed E-state index contributed by atoms with van der Waals surface area (Å²) in [6.45, 7) is 2.05. The summed E-state index contributed by atoms with van der Waals surface area (Å²) in [7, 11) is 0. The van der Waals surface area contributed by atoms with Crippen molar-refractivity contribution in [1.29, 1.82) is 0 Å². The molecule has 0 saturated heterocycles. The molecule has 0 saturated carbocycles. The number of fused-ring (bicyclic) bond motifs is 3. The smallest absolute Gasteiger partial charge is 0.340 e. The van der Waals surface area contributed by atoms with Gasteiger partial charge in [-0.25, -0.2) is 4.79 Å². The highest BCUT2D eigenvalue weighted by molar-refractivity contribution is 5.96. The minimum absolute atomic E-state index is 0.0983. The molecule has 0 radical (unpaired) electrons. The SMILES string of the molecule is CCOC(=O)C1=C(N)Oc2c(ccc3ccccc23)[C@H]1c1ccccc1. The van der Waals surface area contributed by atoms with Crippen molar-refractivity contribution in [1.82, 2.24) is 0 Å². The summed E-state index contributed by atoms with van der Waals surface area (Å²) in [5.41, 5.74) is 8.43. The van der Waals surface area contributed by atoms with E-state index in [0.29, 0.717) is 11.3 Å². The summed E-state index contributed by atoms with van der Waals surface area (Å²) in [6.07, 6.45) is 0. The van der Waals surface area contributed by atoms with E-state index in [1.54, 1.807) is 6.92 Å². The minimum atomic E-state index is -0.447. The van der Waals surface area contributed by atoms with Crippen molar-refractivity contribution in [2.45, 2.75) is 12.8 Å². The number of rotatable bonds is 3. The third-order valence-corrected chi connectivity index (χ3v) is 4.62. The zero-order chi connectivity index (χ0) is 18.1. The van der Waals surface area contributed by atoms with Crippen LogP contribution in [0.4, 0.5) is 0 Å². The lowest BCUT2D eigenvalue weighted by molar-refractivity contribution is -0.139. The Kier molecular flexibility index (Phi) is 4.09. The highest BCUT2D eigenvalue weighted by atomic mass is 16.5. The standard InChI is InChI=1S/C22H19NO3/c1-2-25-22(24)19-18(15-9-4-3-5-10-15)17-13-12-14-8-6-7-11-16(14)20(17)26-21(19)23/h3-13,18H,2,23H2,1H3/t18-/m1/s1. The molecule has 26 heavy (non-hydrogen) atoms. The first-order chi connectivity index (χ1) is 12.7. The Bertz CT molecular complexity index is 1010. The molecule has 0 fully saturated rings. The summed E-state index contributed by atoms with van der Waals surface area (Å²) in [4.78, 5) is 12.6. The molecule has 1 aliphatic heterocycles. The van der Waals surface area contributed by atoms with Gasteiger partial charge in [0.05, 0.1) is 12.5 Å². The van der Waals surface area contributed by atoms with Crippen LogP contribution in [0, 0.1) is 0 Å². The van der Waals surface area contributed by atoms with Crippen molar-refractivity contribution in [3.63, 3.8) is 0 Å². The van der Waals surface area contributed by atoms with Crippen LogP contribution in [0.25, 0.3) is 10.8 Å². The molecule has 3 aromatic rings. The van der Waals surface area contributed by atoms with E-state index in [1.165, 1.54) is 0 Å². The van der Waals surface area contributed by atoms with E-state index >= 15 is 0 Å². The molecule has 3 aromatic carbocycles. The maximum absolute atomic E-state index is 12.6. The lowest BCUT2D eigenvalue weighted by Crippen LogP contribution is -2.27. The second-order valence-corrected chi connectivity index (χ2v) is 6.15. The fourth-order valence-corrected chi connectivity index (χ4v) is 3.48. The van der Waals surface area contributed by atoms with Gasteiger partial charge in [0.25, 0.3) is 0 Å². The molecular weight excluding hydrogens is 326 g/mol. The molecule has 1 atom stereocenters. The van der Waals surface area contributed by atoms with Gasteiger partial charge in [0.15, 0.2) is 0 Å². The monoisotopic (exact) mass is 345 g/mol. The number of benzene rings is 3. The molecule has 0 spiro atoms. The van der Waals surface area contributed by atoms with Gasteiger partial charge in [-0.15, -0.1) is 0 Å². The molecule has 0 amide bonds. The van der Waals surface area contributed by atoms with E-state index in [0.717, 1.165) is 21.9 Å². The van der Waals surface area contributed by atoms with Gasteiger partial charge in [0.2, 0.25) is 5.88 Å². The van der Waals surface area contributed by atoms with Crippen molar-refractivity contribution >= 4 is 16.7 Å². The molecule has 0 aromatic heterocycles. The van der Waals surface area contributed by atoms with Crippen molar-refractivity contribution in [3.05, 3.63) is 89.3 Å². The minimum Gasteiger partial charge on any atom is -0.462 e. The number of hydrogen-bond acceptors (Lipinski definition) is 4. The lowest BCUT2D eigenvalue weighted by Gasteiger charge is -2.29. The van der Waals surface area contributed by atoms with Crippen molar-refractivity contribution in [3.8, 4) is 5.75 Å². The highest BCUT2D eigenvalue weighted by Crippen LogP contribution is 2.45. The maximum Gasteiger partial charge on any atom is 0.340 e. The molecule has 130 valence electrons. The number of nitrogens with two attached hydrogens (primary N) is 1. The van der Waals surface area contributed by atoms with Crippen LogP contribution in [0.15, 0.2) is 78.2 Å². The second kappa shape index (κ2) is 6.56. The second-order valence-electron chi connectivity index (χ2n) is 6.15. The molecule has 0 aliphatic carbocycles. The van der Waals surface area contributed by atoms with E-state index in [-0.39, 0.29) is 18.4 Å². The van der Waals surface area contributed by atoms with Crippen LogP contribution in [0.1, 0.15) is 24.0 Å². The van der Waals surface area contributed by atoms with Gasteiger partial charge >= 0.3 is 5.97 Å². The number of carbonyl (C=O) groups is 1. The summed E-state index contributed by atoms with van der Waals surface area (Å²) < 4.78 is 11.2. The van der Waals surface area contributed by atoms with E-state index in [1.807, 2.05) is 66.7 Å². The van der Waals surface area contributed by atoms with E-state index < -0.39 is 5.97 Å². The van der Waals surface area contributed by atoms with Gasteiger partial charge in [-0.3, -0.25) is 0 Å². The molecule has 4 heteroatoms. The van der Waals surface area contributed by atoms with Gasteiger partial charge in [-0.2, -0.15) is 0 Å². The fraction of sp³-hybridized carbons (Fsp3) is 0.136. The van der Waals surface area contributed by atoms with Crippen LogP contribution in [0.2, 0.25) is 0 Å². The van der Waals surface area contributed by atoms with Crippen LogP contribution >= 0.6 is 0 Å². The van der Waals surface area contributed by atoms with E-state index in [9.17, 15) is 4.79 Å². The topological polar surface area (TPSA) is 61.5 Å². The fourth-order valence-electron chi connectivity index (χ4n) is 3.48. The molecule has 4 rings (SSSR count). The van der Waals surface area contributed by atoms with Gasteiger partial charge < -0.3 is 15.2 Å². The summed E-state index contributed by atoms with van der Waals surface area (Å²) in [5.74, 6) is 0.0184. The van der Waals surface area contributed by atoms with E-state index in [4.69, 9.17) is 15.2 Å². The normalized spacial score (nSPS) is 16.1. The Morgan fingerprint density at radius 3 is 2.54 bits per heavy atom. The number of hydrogen-bond donors (Lipinski definition) is 1. The number of ether oxygens (including phenoxy) is 2. The van der Waals surface area contributed by atoms with Crippen molar-refractivity contribution in [2.75, 3.05) is 6.61 Å². The largest absolute Gasteiger partial charge is 0.462 e. The average Bonchev–Trinajstić information content (AvgIpc) is 2.67. The van der Waals surface area contributed by atoms with Gasteiger partial charge in [0, 0.05) is 10.9 Å². The van der Waals surface area contributed by atoms with Crippen LogP contribution < -0.4 is 10.5 Å². The van der Waals surface area contributed by atoms with Crippen molar-refractivity contribution < 1.29 is 14.3 Å². The summed E-state index contributed by atoms with van der Waals surface area (Å²) >= 11 is 0. The zero-order valence-corrected chi connectivity index (χ0v) is 14.4. The van der Waals surface area contributed by atoms with Crippen LogP contribution in [0.5, 0.6) is 5.75 Å². The van der Waals surface area contributed by atoms with Gasteiger partial charge in [-0.1, -0.05) is 66.7 Å². The Morgan fingerprint density at radius 1 is 1.04 bits per heavy atom. The summed E-state index contributed by atoms with van der Waals surface area (Å²) in [5, 5.41) is 2.03. The average molecular weight is 345 g/mol. The van der Waals surface area contributed by atoms with Crippen LogP contribution in [0.3, 0.4) is 0 Å². The van der Waals surface area contributed by atoms with Gasteiger partial charge in [0.1, 0.15) is 11.3 Å².